The average molecular weight is 148 g/mol. The van der Waals surface area contributed by atoms with Crippen LogP contribution in [-0.2, 0) is 0 Å². The predicted molar refractivity (Wildman–Crippen MR) is 42.5 cm³/mol. The number of rotatable bonds is 0. The van der Waals surface area contributed by atoms with Crippen LogP contribution in [0.2, 0.25) is 0 Å². The van der Waals surface area contributed by atoms with Crippen molar-refractivity contribution in [3.8, 4) is 0 Å². The third-order valence-electron chi connectivity index (χ3n) is 1.71. The Hall–Kier alpha value is 0.740. The Morgan fingerprint density at radius 1 is 0.889 bits per heavy atom. The first-order valence-electron chi connectivity index (χ1n) is 3.16. The van der Waals surface area contributed by atoms with E-state index in [1.807, 2.05) is 0 Å². The zero-order valence-electron chi connectivity index (χ0n) is 5.95. The van der Waals surface area contributed by atoms with Crippen LogP contribution < -0.4 is 0 Å². The summed E-state index contributed by atoms with van der Waals surface area (Å²) in [6, 6.07) is 0. The zero-order chi connectivity index (χ0) is 5.98. The van der Waals surface area contributed by atoms with Gasteiger partial charge in [0.2, 0.25) is 0 Å². The second kappa shape index (κ2) is 4.54. The molecule has 0 aromatic heterocycles. The Labute approximate surface area is 87.0 Å². The van der Waals surface area contributed by atoms with Crippen molar-refractivity contribution in [3.05, 3.63) is 24.3 Å². The van der Waals surface area contributed by atoms with Gasteiger partial charge in [0.15, 0.2) is 0 Å². The maximum absolute atomic E-state index is 3.90. The van der Waals surface area contributed by atoms with Gasteiger partial charge >= 0.3 is 0 Å². The molecule has 1 fully saturated rings. The van der Waals surface area contributed by atoms with Crippen molar-refractivity contribution >= 4 is 37.7 Å². The molecule has 1 saturated carbocycles. The first kappa shape index (κ1) is 9.74. The summed E-state index contributed by atoms with van der Waals surface area (Å²) in [5.41, 5.74) is 2.55. The third-order valence-corrected chi connectivity index (χ3v) is 1.71. The molecule has 1 aliphatic carbocycles. The van der Waals surface area contributed by atoms with Crippen LogP contribution in [0.15, 0.2) is 24.3 Å². The minimum absolute atomic E-state index is 0. The van der Waals surface area contributed by atoms with Gasteiger partial charge in [0, 0.05) is 37.7 Å². The van der Waals surface area contributed by atoms with E-state index in [0.717, 1.165) is 0 Å². The average Bonchev–Trinajstić information content (AvgIpc) is 1.77. The van der Waals surface area contributed by atoms with Gasteiger partial charge in [0.25, 0.3) is 0 Å². The molecule has 1 rings (SSSR count). The third kappa shape index (κ3) is 2.88. The molecule has 0 spiro atoms. The topological polar surface area (TPSA) is 0 Å². The Kier molecular flexibility index (Phi) is 4.91. The van der Waals surface area contributed by atoms with E-state index in [1.54, 1.807) is 0 Å². The molecular weight excluding hydrogens is 136 g/mol. The van der Waals surface area contributed by atoms with Crippen LogP contribution in [0.5, 0.6) is 0 Å². The summed E-state index contributed by atoms with van der Waals surface area (Å²) >= 11 is 0. The summed E-state index contributed by atoms with van der Waals surface area (Å²) in [4.78, 5) is 0. The van der Waals surface area contributed by atoms with E-state index in [4.69, 9.17) is 0 Å². The molecule has 0 unspecified atom stereocenters. The standard InChI is InChI=1S/C8H12.Ca/c1-7-5-3-4-6-8(7)2;/h1-6H2;. The van der Waals surface area contributed by atoms with Crippen molar-refractivity contribution in [3.63, 3.8) is 0 Å². The fourth-order valence-electron chi connectivity index (χ4n) is 1.03. The van der Waals surface area contributed by atoms with Gasteiger partial charge in [-0.15, -0.1) is 0 Å². The molecule has 2 radical (unpaired) electrons. The summed E-state index contributed by atoms with van der Waals surface area (Å²) in [7, 11) is 0. The van der Waals surface area contributed by atoms with Crippen molar-refractivity contribution in [2.24, 2.45) is 0 Å². The second-order valence-electron chi connectivity index (χ2n) is 2.41. The molecule has 46 valence electrons. The van der Waals surface area contributed by atoms with Gasteiger partial charge in [-0.25, -0.2) is 0 Å². The Bertz CT molecular complexity index is 109. The van der Waals surface area contributed by atoms with Gasteiger partial charge in [-0.2, -0.15) is 0 Å². The fourth-order valence-corrected chi connectivity index (χ4v) is 1.03. The van der Waals surface area contributed by atoms with E-state index in [1.165, 1.54) is 36.8 Å². The van der Waals surface area contributed by atoms with Crippen LogP contribution in [0.1, 0.15) is 25.7 Å². The number of allylic oxidation sites excluding steroid dienone is 2. The molecule has 1 heteroatoms. The first-order valence-corrected chi connectivity index (χ1v) is 3.16. The molecule has 0 aromatic rings. The predicted octanol–water partition coefficient (Wildman–Crippen LogP) is 2.29. The van der Waals surface area contributed by atoms with Crippen LogP contribution in [-0.4, -0.2) is 37.7 Å². The summed E-state index contributed by atoms with van der Waals surface area (Å²) in [6.45, 7) is 7.79. The van der Waals surface area contributed by atoms with Gasteiger partial charge in [0.1, 0.15) is 0 Å². The molecule has 0 atom stereocenters. The van der Waals surface area contributed by atoms with Gasteiger partial charge in [-0.1, -0.05) is 24.3 Å². The van der Waals surface area contributed by atoms with E-state index in [0.29, 0.717) is 0 Å². The summed E-state index contributed by atoms with van der Waals surface area (Å²) < 4.78 is 0. The van der Waals surface area contributed by atoms with Crippen LogP contribution in [0.25, 0.3) is 0 Å². The van der Waals surface area contributed by atoms with Crippen molar-refractivity contribution in [2.45, 2.75) is 25.7 Å². The van der Waals surface area contributed by atoms with Crippen LogP contribution in [0.4, 0.5) is 0 Å². The molecule has 0 nitrogen and oxygen atoms in total. The van der Waals surface area contributed by atoms with Crippen molar-refractivity contribution in [1.82, 2.24) is 0 Å². The smallest absolute Gasteiger partial charge is 0 e. The molecule has 0 aliphatic heterocycles. The summed E-state index contributed by atoms with van der Waals surface area (Å²) in [6.07, 6.45) is 4.99. The Balaban J connectivity index is 0.000000640. The SMILES string of the molecule is C=C1CCCCC1=C.[Ca]. The van der Waals surface area contributed by atoms with Gasteiger partial charge in [-0.05, 0) is 25.7 Å². The van der Waals surface area contributed by atoms with E-state index < -0.39 is 0 Å². The van der Waals surface area contributed by atoms with E-state index in [-0.39, 0.29) is 37.7 Å². The van der Waals surface area contributed by atoms with Crippen molar-refractivity contribution < 1.29 is 0 Å². The summed E-state index contributed by atoms with van der Waals surface area (Å²) in [5, 5.41) is 0. The Morgan fingerprint density at radius 2 is 1.22 bits per heavy atom. The molecule has 0 amide bonds. The molecule has 1 aliphatic rings. The minimum atomic E-state index is 0. The van der Waals surface area contributed by atoms with Crippen molar-refractivity contribution in [1.29, 1.82) is 0 Å². The summed E-state index contributed by atoms with van der Waals surface area (Å²) in [5.74, 6) is 0. The monoisotopic (exact) mass is 148 g/mol. The maximum Gasteiger partial charge on any atom is 0 e. The van der Waals surface area contributed by atoms with Gasteiger partial charge < -0.3 is 0 Å². The molecular formula is C8H12Ca. The van der Waals surface area contributed by atoms with E-state index >= 15 is 0 Å². The first-order chi connectivity index (χ1) is 3.80. The number of hydrogen-bond donors (Lipinski definition) is 0. The second-order valence-corrected chi connectivity index (χ2v) is 2.41. The molecule has 0 saturated heterocycles. The quantitative estimate of drug-likeness (QED) is 0.462. The van der Waals surface area contributed by atoms with Crippen LogP contribution in [0, 0.1) is 0 Å². The molecule has 0 aromatic carbocycles. The maximum atomic E-state index is 3.90. The fraction of sp³-hybridized carbons (Fsp3) is 0.500. The largest absolute Gasteiger partial charge is 0.0956 e. The van der Waals surface area contributed by atoms with Crippen LogP contribution in [0.3, 0.4) is 0 Å². The van der Waals surface area contributed by atoms with E-state index in [2.05, 4.69) is 13.2 Å². The zero-order valence-corrected chi connectivity index (χ0v) is 8.16. The number of hydrogen-bond acceptors (Lipinski definition) is 0. The van der Waals surface area contributed by atoms with Crippen molar-refractivity contribution in [2.75, 3.05) is 0 Å². The normalized spacial score (nSPS) is 19.1. The van der Waals surface area contributed by atoms with Gasteiger partial charge in [0.05, 0.1) is 0 Å². The van der Waals surface area contributed by atoms with E-state index in [9.17, 15) is 0 Å². The molecule has 0 heterocycles. The van der Waals surface area contributed by atoms with Crippen LogP contribution >= 0.6 is 0 Å². The Morgan fingerprint density at radius 3 is 1.44 bits per heavy atom. The molecule has 0 bridgehead atoms. The molecule has 9 heavy (non-hydrogen) atoms. The van der Waals surface area contributed by atoms with Gasteiger partial charge in [-0.3, -0.25) is 0 Å². The minimum Gasteiger partial charge on any atom is -0.0956 e. The molecule has 0 N–H and O–H groups in total.